The third-order valence-corrected chi connectivity index (χ3v) is 8.43. The van der Waals surface area contributed by atoms with Crippen molar-refractivity contribution in [3.05, 3.63) is 92.6 Å². The molecule has 1 aliphatic heterocycles. The number of ketones is 2. The van der Waals surface area contributed by atoms with E-state index in [0.717, 1.165) is 4.90 Å². The first kappa shape index (κ1) is 25.4. The number of hydrogen-bond acceptors (Lipinski definition) is 8. The van der Waals surface area contributed by atoms with Gasteiger partial charge in [-0.1, -0.05) is 17.7 Å². The second kappa shape index (κ2) is 9.11. The molecule has 6 rings (SSSR count). The summed E-state index contributed by atoms with van der Waals surface area (Å²) < 4.78 is 5.55. The van der Waals surface area contributed by atoms with E-state index in [1.807, 2.05) is 6.08 Å². The second-order valence-corrected chi connectivity index (χ2v) is 10.4. The van der Waals surface area contributed by atoms with Crippen molar-refractivity contribution in [1.82, 2.24) is 0 Å². The number of non-ortho nitro benzene ring substituents is 1. The lowest BCUT2D eigenvalue weighted by Gasteiger charge is -2.42. The van der Waals surface area contributed by atoms with Crippen LogP contribution in [-0.4, -0.2) is 40.5 Å². The highest BCUT2D eigenvalue weighted by molar-refractivity contribution is 6.25. The Labute approximate surface area is 228 Å². The SMILES string of the molecule is COc1cccc(O)c1C1C2=CCC3C(=O)N(c4ccc([N+](=O)[O-])cc4)C(=O)C3C2CC2=C1C(=O)C=C(C)C2=O. The highest BCUT2D eigenvalue weighted by Crippen LogP contribution is 2.57. The molecular weight excluding hydrogens is 516 g/mol. The maximum Gasteiger partial charge on any atom is 0.269 e. The van der Waals surface area contributed by atoms with Crippen LogP contribution >= 0.6 is 0 Å². The summed E-state index contributed by atoms with van der Waals surface area (Å²) in [5.41, 5.74) is 1.88. The van der Waals surface area contributed by atoms with E-state index < -0.39 is 40.4 Å². The van der Waals surface area contributed by atoms with Gasteiger partial charge in [0.25, 0.3) is 5.69 Å². The Bertz CT molecular complexity index is 1630. The quantitative estimate of drug-likeness (QED) is 0.202. The average molecular weight is 541 g/mol. The van der Waals surface area contributed by atoms with Crippen molar-refractivity contribution < 1.29 is 33.9 Å². The van der Waals surface area contributed by atoms with Crippen LogP contribution in [0.25, 0.3) is 0 Å². The predicted octanol–water partition coefficient (Wildman–Crippen LogP) is 3.94. The van der Waals surface area contributed by atoms with E-state index in [1.54, 1.807) is 19.1 Å². The maximum absolute atomic E-state index is 13.9. The third kappa shape index (κ3) is 3.55. The molecule has 2 aromatic carbocycles. The van der Waals surface area contributed by atoms with Crippen molar-refractivity contribution in [2.75, 3.05) is 12.0 Å². The number of rotatable bonds is 4. The number of Topliss-reactive ketones (excluding diaryl/α,β-unsaturated/α-hetero) is 1. The Balaban J connectivity index is 1.49. The fraction of sp³-hybridized carbons (Fsp3) is 0.267. The molecule has 1 fully saturated rings. The summed E-state index contributed by atoms with van der Waals surface area (Å²) in [5.74, 6) is -4.27. The van der Waals surface area contributed by atoms with Gasteiger partial charge >= 0.3 is 0 Å². The van der Waals surface area contributed by atoms with E-state index in [4.69, 9.17) is 4.74 Å². The van der Waals surface area contributed by atoms with Crippen molar-refractivity contribution in [2.45, 2.75) is 25.7 Å². The number of amides is 2. The Kier molecular flexibility index (Phi) is 5.79. The molecule has 0 saturated carbocycles. The Hall–Kier alpha value is -4.86. The standard InChI is InChI=1S/C30H24N2O8/c1-14-12-22(34)25-20(28(14)35)13-19-17(26(25)27-21(33)4-3-5-23(27)40-2)10-11-18-24(19)30(37)31(29(18)36)15-6-8-16(9-7-15)32(38)39/h3-10,12,18-19,24,26,33H,11,13H2,1-2H3. The number of phenols is 1. The summed E-state index contributed by atoms with van der Waals surface area (Å²) >= 11 is 0. The van der Waals surface area contributed by atoms with Crippen LogP contribution in [0.4, 0.5) is 11.4 Å². The van der Waals surface area contributed by atoms with Gasteiger partial charge in [-0.3, -0.25) is 34.2 Å². The largest absolute Gasteiger partial charge is 0.507 e. The molecule has 1 heterocycles. The number of imide groups is 1. The zero-order valence-electron chi connectivity index (χ0n) is 21.6. The first-order valence-corrected chi connectivity index (χ1v) is 12.8. The number of hydrogen-bond donors (Lipinski definition) is 1. The topological polar surface area (TPSA) is 144 Å². The second-order valence-electron chi connectivity index (χ2n) is 10.4. The first-order chi connectivity index (χ1) is 19.1. The maximum atomic E-state index is 13.9. The van der Waals surface area contributed by atoms with Gasteiger partial charge in [-0.25, -0.2) is 0 Å². The number of methoxy groups -OCH3 is 1. The molecule has 40 heavy (non-hydrogen) atoms. The van der Waals surface area contributed by atoms with Crippen LogP contribution in [0.5, 0.6) is 11.5 Å². The molecule has 202 valence electrons. The molecule has 0 radical (unpaired) electrons. The molecule has 0 bridgehead atoms. The molecule has 1 saturated heterocycles. The number of aromatic hydroxyl groups is 1. The van der Waals surface area contributed by atoms with Crippen molar-refractivity contribution >= 4 is 34.8 Å². The summed E-state index contributed by atoms with van der Waals surface area (Å²) in [4.78, 5) is 65.9. The van der Waals surface area contributed by atoms with E-state index in [2.05, 4.69) is 0 Å². The molecule has 2 aromatic rings. The van der Waals surface area contributed by atoms with Gasteiger partial charge in [-0.15, -0.1) is 0 Å². The fourth-order valence-corrected chi connectivity index (χ4v) is 6.69. The molecule has 4 aliphatic rings. The van der Waals surface area contributed by atoms with Crippen molar-refractivity contribution in [1.29, 1.82) is 0 Å². The number of ether oxygens (including phenoxy) is 1. The molecule has 0 aromatic heterocycles. The summed E-state index contributed by atoms with van der Waals surface area (Å²) in [7, 11) is 1.44. The predicted molar refractivity (Wildman–Crippen MR) is 142 cm³/mol. The zero-order valence-corrected chi connectivity index (χ0v) is 21.6. The van der Waals surface area contributed by atoms with E-state index in [1.165, 1.54) is 43.5 Å². The summed E-state index contributed by atoms with van der Waals surface area (Å²) in [6.45, 7) is 1.56. The molecule has 4 unspecified atom stereocenters. The van der Waals surface area contributed by atoms with Gasteiger partial charge in [0.2, 0.25) is 11.8 Å². The Morgan fingerprint density at radius 2 is 1.75 bits per heavy atom. The van der Waals surface area contributed by atoms with Gasteiger partial charge in [0.1, 0.15) is 11.5 Å². The molecule has 3 aliphatic carbocycles. The number of carbonyl (C=O) groups is 4. The van der Waals surface area contributed by atoms with Crippen LogP contribution in [-0.2, 0) is 19.2 Å². The minimum absolute atomic E-state index is 0.0949. The normalized spacial score (nSPS) is 25.7. The van der Waals surface area contributed by atoms with Crippen LogP contribution in [0.15, 0.2) is 76.9 Å². The number of anilines is 1. The monoisotopic (exact) mass is 540 g/mol. The number of carbonyl (C=O) groups excluding carboxylic acids is 4. The van der Waals surface area contributed by atoms with Gasteiger partial charge in [-0.05, 0) is 56.0 Å². The molecule has 0 spiro atoms. The van der Waals surface area contributed by atoms with Crippen LogP contribution in [0.3, 0.4) is 0 Å². The molecule has 10 heteroatoms. The van der Waals surface area contributed by atoms with Crippen molar-refractivity contribution in [3.8, 4) is 11.5 Å². The number of fused-ring (bicyclic) bond motifs is 3. The number of benzene rings is 2. The van der Waals surface area contributed by atoms with Gasteiger partial charge in [0.15, 0.2) is 11.6 Å². The molecular formula is C30H24N2O8. The highest BCUT2D eigenvalue weighted by Gasteiger charge is 2.57. The molecule has 10 nitrogen and oxygen atoms in total. The first-order valence-electron chi connectivity index (χ1n) is 12.8. The molecule has 1 N–H and O–H groups in total. The Morgan fingerprint density at radius 3 is 2.42 bits per heavy atom. The van der Waals surface area contributed by atoms with E-state index in [0.29, 0.717) is 16.9 Å². The lowest BCUT2D eigenvalue weighted by Crippen LogP contribution is -2.40. The van der Waals surface area contributed by atoms with E-state index in [-0.39, 0.29) is 58.3 Å². The summed E-state index contributed by atoms with van der Waals surface area (Å²) in [5, 5.41) is 22.1. The third-order valence-electron chi connectivity index (χ3n) is 8.43. The number of nitrogens with zero attached hydrogens (tertiary/aromatic N) is 2. The van der Waals surface area contributed by atoms with Crippen molar-refractivity contribution in [2.24, 2.45) is 17.8 Å². The van der Waals surface area contributed by atoms with Gasteiger partial charge in [0.05, 0.1) is 29.6 Å². The lowest BCUT2D eigenvalue weighted by atomic mass is 9.59. The Morgan fingerprint density at radius 1 is 1.02 bits per heavy atom. The summed E-state index contributed by atoms with van der Waals surface area (Å²) in [6, 6.07) is 9.95. The number of nitro groups is 1. The van der Waals surface area contributed by atoms with Crippen LogP contribution in [0.1, 0.15) is 31.2 Å². The van der Waals surface area contributed by atoms with Gasteiger partial charge < -0.3 is 9.84 Å². The zero-order chi connectivity index (χ0) is 28.5. The van der Waals surface area contributed by atoms with Crippen LogP contribution < -0.4 is 9.64 Å². The average Bonchev–Trinajstić information content (AvgIpc) is 3.20. The number of nitro benzene ring substituents is 1. The minimum atomic E-state index is -0.844. The fourth-order valence-electron chi connectivity index (χ4n) is 6.69. The number of phenolic OH excluding ortho intramolecular Hbond substituents is 1. The van der Waals surface area contributed by atoms with E-state index in [9.17, 15) is 34.4 Å². The molecule has 4 atom stereocenters. The van der Waals surface area contributed by atoms with E-state index >= 15 is 0 Å². The minimum Gasteiger partial charge on any atom is -0.507 e. The smallest absolute Gasteiger partial charge is 0.269 e. The van der Waals surface area contributed by atoms with Gasteiger partial charge in [-0.2, -0.15) is 0 Å². The van der Waals surface area contributed by atoms with Crippen LogP contribution in [0, 0.1) is 27.9 Å². The molecule has 2 amide bonds. The van der Waals surface area contributed by atoms with Crippen molar-refractivity contribution in [3.63, 3.8) is 0 Å². The summed E-state index contributed by atoms with van der Waals surface area (Å²) in [6.07, 6.45) is 3.46. The highest BCUT2D eigenvalue weighted by atomic mass is 16.6. The van der Waals surface area contributed by atoms with Gasteiger partial charge in [0, 0.05) is 40.3 Å². The number of allylic oxidation sites excluding steroid dienone is 6. The van der Waals surface area contributed by atoms with Crippen LogP contribution in [0.2, 0.25) is 0 Å². The lowest BCUT2D eigenvalue weighted by molar-refractivity contribution is -0.384.